The molecule has 3 rings (SSSR count). The molecule has 2 N–H and O–H groups in total. The molecule has 2 aliphatic rings. The Kier molecular flexibility index (Phi) is 5.19. The van der Waals surface area contributed by atoms with Gasteiger partial charge in [-0.1, -0.05) is 24.6 Å². The third-order valence-electron chi connectivity index (χ3n) is 5.37. The Morgan fingerprint density at radius 3 is 2.88 bits per heavy atom. The van der Waals surface area contributed by atoms with Gasteiger partial charge >= 0.3 is 0 Å². The largest absolute Gasteiger partial charge is 0.393 e. The molecule has 2 amide bonds. The van der Waals surface area contributed by atoms with E-state index in [2.05, 4.69) is 5.32 Å². The van der Waals surface area contributed by atoms with E-state index in [-0.39, 0.29) is 29.8 Å². The lowest BCUT2D eigenvalue weighted by Gasteiger charge is -2.26. The van der Waals surface area contributed by atoms with Crippen molar-refractivity contribution in [2.75, 3.05) is 18.9 Å². The summed E-state index contributed by atoms with van der Waals surface area (Å²) in [7, 11) is 1.80. The Morgan fingerprint density at radius 2 is 2.12 bits per heavy atom. The number of amides is 2. The van der Waals surface area contributed by atoms with Crippen LogP contribution in [0.5, 0.6) is 0 Å². The van der Waals surface area contributed by atoms with Crippen LogP contribution in [0.4, 0.5) is 5.69 Å². The fraction of sp³-hybridized carbons (Fsp3) is 0.579. The monoisotopic (exact) mass is 330 g/mol. The van der Waals surface area contributed by atoms with Gasteiger partial charge in [0.1, 0.15) is 0 Å². The van der Waals surface area contributed by atoms with E-state index in [1.165, 1.54) is 0 Å². The second-order valence-electron chi connectivity index (χ2n) is 7.12. The van der Waals surface area contributed by atoms with Crippen molar-refractivity contribution in [2.45, 2.75) is 44.6 Å². The zero-order valence-corrected chi connectivity index (χ0v) is 14.2. The van der Waals surface area contributed by atoms with Crippen LogP contribution in [0.15, 0.2) is 24.3 Å². The minimum absolute atomic E-state index is 0.00960. The second-order valence-corrected chi connectivity index (χ2v) is 7.12. The molecule has 0 radical (unpaired) electrons. The van der Waals surface area contributed by atoms with Crippen LogP contribution in [0.3, 0.4) is 0 Å². The van der Waals surface area contributed by atoms with Crippen molar-refractivity contribution in [3.8, 4) is 0 Å². The average Bonchev–Trinajstić information content (AvgIpc) is 2.97. The van der Waals surface area contributed by atoms with E-state index in [9.17, 15) is 14.7 Å². The molecule has 5 nitrogen and oxygen atoms in total. The predicted molar refractivity (Wildman–Crippen MR) is 92.5 cm³/mol. The van der Waals surface area contributed by atoms with Crippen molar-refractivity contribution in [3.63, 3.8) is 0 Å². The van der Waals surface area contributed by atoms with Crippen LogP contribution in [0.2, 0.25) is 0 Å². The number of hydrogen-bond acceptors (Lipinski definition) is 3. The number of nitrogens with one attached hydrogen (secondary N) is 1. The van der Waals surface area contributed by atoms with Gasteiger partial charge in [-0.15, -0.1) is 0 Å². The molecule has 1 aromatic carbocycles. The molecule has 0 bridgehead atoms. The molecule has 5 heteroatoms. The number of anilines is 1. The molecular weight excluding hydrogens is 304 g/mol. The third kappa shape index (κ3) is 3.78. The van der Waals surface area contributed by atoms with Crippen molar-refractivity contribution in [1.82, 2.24) is 4.90 Å². The Bertz CT molecular complexity index is 616. The number of carbonyl (C=O) groups excluding carboxylic acids is 2. The quantitative estimate of drug-likeness (QED) is 0.869. The number of hydrogen-bond donors (Lipinski definition) is 2. The molecule has 0 aromatic heterocycles. The fourth-order valence-electron chi connectivity index (χ4n) is 3.82. The first-order valence-corrected chi connectivity index (χ1v) is 8.85. The number of fused-ring (bicyclic) bond motifs is 1. The number of para-hydroxylation sites is 1. The molecule has 1 fully saturated rings. The van der Waals surface area contributed by atoms with E-state index in [4.69, 9.17) is 0 Å². The Labute approximate surface area is 143 Å². The highest BCUT2D eigenvalue weighted by molar-refractivity contribution is 5.96. The van der Waals surface area contributed by atoms with E-state index in [1.54, 1.807) is 11.9 Å². The smallest absolute Gasteiger partial charge is 0.227 e. The topological polar surface area (TPSA) is 69.6 Å². The summed E-state index contributed by atoms with van der Waals surface area (Å²) in [5.74, 6) is 0.120. The zero-order valence-electron chi connectivity index (χ0n) is 14.2. The molecule has 1 saturated carbocycles. The van der Waals surface area contributed by atoms with E-state index in [0.29, 0.717) is 25.8 Å². The summed E-state index contributed by atoms with van der Waals surface area (Å²) in [6.45, 7) is 0.611. The predicted octanol–water partition coefficient (Wildman–Crippen LogP) is 2.20. The molecule has 0 saturated heterocycles. The lowest BCUT2D eigenvalue weighted by atomic mass is 9.89. The van der Waals surface area contributed by atoms with Crippen molar-refractivity contribution in [2.24, 2.45) is 11.8 Å². The SMILES string of the molecule is CN(CC1CCCC1O)C(=O)CCC1Cc2ccccc2NC1=O. The molecule has 130 valence electrons. The molecule has 1 aliphatic heterocycles. The molecule has 24 heavy (non-hydrogen) atoms. The van der Waals surface area contributed by atoms with Crippen molar-refractivity contribution in [1.29, 1.82) is 0 Å². The van der Waals surface area contributed by atoms with Crippen LogP contribution >= 0.6 is 0 Å². The van der Waals surface area contributed by atoms with Crippen LogP contribution in [-0.2, 0) is 16.0 Å². The Hall–Kier alpha value is -1.88. The number of aliphatic hydroxyl groups excluding tert-OH is 1. The van der Waals surface area contributed by atoms with Gasteiger partial charge in [-0.25, -0.2) is 0 Å². The number of benzene rings is 1. The Balaban J connectivity index is 1.50. The van der Waals surface area contributed by atoms with Gasteiger partial charge in [0.25, 0.3) is 0 Å². The van der Waals surface area contributed by atoms with Gasteiger partial charge < -0.3 is 15.3 Å². The van der Waals surface area contributed by atoms with E-state index in [1.807, 2.05) is 24.3 Å². The number of nitrogens with zero attached hydrogens (tertiary/aromatic N) is 1. The first-order chi connectivity index (χ1) is 11.5. The number of aliphatic hydroxyl groups is 1. The van der Waals surface area contributed by atoms with Gasteiger partial charge in [-0.3, -0.25) is 9.59 Å². The third-order valence-corrected chi connectivity index (χ3v) is 5.37. The highest BCUT2D eigenvalue weighted by atomic mass is 16.3. The van der Waals surface area contributed by atoms with Crippen LogP contribution < -0.4 is 5.32 Å². The van der Waals surface area contributed by atoms with Gasteiger partial charge in [-0.05, 0) is 37.3 Å². The molecule has 0 spiro atoms. The van der Waals surface area contributed by atoms with Crippen LogP contribution in [0, 0.1) is 11.8 Å². The van der Waals surface area contributed by atoms with Crippen molar-refractivity contribution < 1.29 is 14.7 Å². The highest BCUT2D eigenvalue weighted by Gasteiger charge is 2.29. The first-order valence-electron chi connectivity index (χ1n) is 8.85. The maximum absolute atomic E-state index is 12.3. The summed E-state index contributed by atoms with van der Waals surface area (Å²) < 4.78 is 0. The van der Waals surface area contributed by atoms with E-state index in [0.717, 1.165) is 30.5 Å². The standard InChI is InChI=1S/C19H26N2O3/c1-21(12-15-6-4-8-17(15)22)18(23)10-9-14-11-13-5-2-3-7-16(13)20-19(14)24/h2-3,5,7,14-15,17,22H,4,6,8-12H2,1H3,(H,20,24). The molecule has 3 unspecified atom stereocenters. The summed E-state index contributed by atoms with van der Waals surface area (Å²) in [4.78, 5) is 26.3. The average molecular weight is 330 g/mol. The fourth-order valence-corrected chi connectivity index (χ4v) is 3.82. The number of carbonyl (C=O) groups is 2. The van der Waals surface area contributed by atoms with Crippen LogP contribution in [-0.4, -0.2) is 41.5 Å². The molecule has 1 aromatic rings. The minimum atomic E-state index is -0.277. The van der Waals surface area contributed by atoms with Crippen LogP contribution in [0.1, 0.15) is 37.7 Å². The summed E-state index contributed by atoms with van der Waals surface area (Å²) >= 11 is 0. The van der Waals surface area contributed by atoms with Crippen molar-refractivity contribution >= 4 is 17.5 Å². The van der Waals surface area contributed by atoms with Gasteiger partial charge in [0.05, 0.1) is 6.10 Å². The zero-order chi connectivity index (χ0) is 17.1. The normalized spacial score (nSPS) is 25.9. The van der Waals surface area contributed by atoms with E-state index < -0.39 is 0 Å². The number of rotatable bonds is 5. The summed E-state index contributed by atoms with van der Waals surface area (Å²) in [6, 6.07) is 7.82. The molecular formula is C19H26N2O3. The lowest BCUT2D eigenvalue weighted by Crippen LogP contribution is -2.36. The molecule has 1 aliphatic carbocycles. The Morgan fingerprint density at radius 1 is 1.33 bits per heavy atom. The van der Waals surface area contributed by atoms with Crippen LogP contribution in [0.25, 0.3) is 0 Å². The summed E-state index contributed by atoms with van der Waals surface area (Å²) in [5.41, 5.74) is 2.02. The second kappa shape index (κ2) is 7.34. The maximum Gasteiger partial charge on any atom is 0.227 e. The van der Waals surface area contributed by atoms with Gasteiger partial charge in [-0.2, -0.15) is 0 Å². The molecule has 3 atom stereocenters. The summed E-state index contributed by atoms with van der Waals surface area (Å²) in [5, 5.41) is 12.8. The van der Waals surface area contributed by atoms with Gasteiger partial charge in [0, 0.05) is 37.5 Å². The lowest BCUT2D eigenvalue weighted by molar-refractivity contribution is -0.131. The van der Waals surface area contributed by atoms with E-state index >= 15 is 0 Å². The summed E-state index contributed by atoms with van der Waals surface area (Å²) in [6.07, 6.45) is 4.22. The van der Waals surface area contributed by atoms with Gasteiger partial charge in [0.15, 0.2) is 0 Å². The molecule has 1 heterocycles. The first kappa shape index (κ1) is 17.0. The van der Waals surface area contributed by atoms with Gasteiger partial charge in [0.2, 0.25) is 11.8 Å². The minimum Gasteiger partial charge on any atom is -0.393 e. The maximum atomic E-state index is 12.3. The van der Waals surface area contributed by atoms with Crippen molar-refractivity contribution in [3.05, 3.63) is 29.8 Å². The highest BCUT2D eigenvalue weighted by Crippen LogP contribution is 2.28.